The summed E-state index contributed by atoms with van der Waals surface area (Å²) in [5, 5.41) is 56.7. The number of aliphatic hydroxyl groups is 1. The molecular weight excluding hydrogens is 350 g/mol. The topological polar surface area (TPSA) is 221 Å². The standard InChI is InChI=1S/C6H8O7.2C2H4O2.2Al/c7-3(8)1-6(13,5(11)12)2-4(9)10;2*1-2(3)4;;/h13H,1-2H2,(H,7,8)(H,9,10)(H,11,12);2*1H3,(H,3,4);;/q;;;2*+3/p-5. The van der Waals surface area contributed by atoms with E-state index in [1.807, 2.05) is 0 Å². The van der Waals surface area contributed by atoms with Crippen molar-refractivity contribution in [3.63, 3.8) is 0 Å². The van der Waals surface area contributed by atoms with Crippen molar-refractivity contribution in [2.45, 2.75) is 32.3 Å². The summed E-state index contributed by atoms with van der Waals surface area (Å²) < 4.78 is 0. The summed E-state index contributed by atoms with van der Waals surface area (Å²) in [6, 6.07) is 0. The van der Waals surface area contributed by atoms with Crippen LogP contribution in [0.5, 0.6) is 0 Å². The number of hydrogen-bond donors (Lipinski definition) is 1. The first-order chi connectivity index (χ1) is 9.24. The number of rotatable bonds is 5. The van der Waals surface area contributed by atoms with Crippen LogP contribution in [0.25, 0.3) is 0 Å². The van der Waals surface area contributed by atoms with Gasteiger partial charge in [0.05, 0.1) is 5.97 Å². The van der Waals surface area contributed by atoms with Crippen LogP contribution >= 0.6 is 0 Å². The Bertz CT molecular complexity index is 372. The molecule has 0 rings (SSSR count). The molecule has 0 spiro atoms. The van der Waals surface area contributed by atoms with E-state index in [2.05, 4.69) is 0 Å². The fraction of sp³-hybridized carbons (Fsp3) is 0.500. The second kappa shape index (κ2) is 16.7. The molecule has 0 aromatic rings. The van der Waals surface area contributed by atoms with Gasteiger partial charge in [-0.3, -0.25) is 0 Å². The van der Waals surface area contributed by atoms with E-state index >= 15 is 0 Å². The van der Waals surface area contributed by atoms with Gasteiger partial charge in [0.15, 0.2) is 0 Å². The molecule has 1 N–H and O–H groups in total. The summed E-state index contributed by atoms with van der Waals surface area (Å²) in [7, 11) is 0. The maximum Gasteiger partial charge on any atom is 3.00 e. The molecule has 0 aliphatic carbocycles. The fourth-order valence-electron chi connectivity index (χ4n) is 0.684. The van der Waals surface area contributed by atoms with E-state index in [1.54, 1.807) is 0 Å². The molecule has 0 unspecified atom stereocenters. The minimum absolute atomic E-state index is 0. The summed E-state index contributed by atoms with van der Waals surface area (Å²) in [5.74, 6) is -8.15. The molecule has 0 bridgehead atoms. The molecule has 0 radical (unpaired) electrons. The van der Waals surface area contributed by atoms with E-state index in [0.717, 1.165) is 13.8 Å². The van der Waals surface area contributed by atoms with Gasteiger partial charge in [-0.1, -0.05) is 0 Å². The number of carboxylic acids is 5. The van der Waals surface area contributed by atoms with Crippen molar-refractivity contribution >= 4 is 64.6 Å². The van der Waals surface area contributed by atoms with Gasteiger partial charge in [-0.2, -0.15) is 0 Å². The quantitative estimate of drug-likeness (QED) is 0.453. The van der Waals surface area contributed by atoms with Crippen LogP contribution in [-0.2, 0) is 24.0 Å². The molecule has 11 nitrogen and oxygen atoms in total. The zero-order valence-corrected chi connectivity index (χ0v) is 14.4. The number of aliphatic carboxylic acids is 5. The van der Waals surface area contributed by atoms with Gasteiger partial charge >= 0.3 is 34.7 Å². The Kier molecular flexibility index (Phi) is 24.1. The fourth-order valence-corrected chi connectivity index (χ4v) is 0.684. The normalized spacial score (nSPS) is 8.30. The van der Waals surface area contributed by atoms with Gasteiger partial charge in [-0.15, -0.1) is 0 Å². The smallest absolute Gasteiger partial charge is 0.550 e. The molecule has 0 atom stereocenters. The zero-order valence-electron chi connectivity index (χ0n) is 12.1. The third kappa shape index (κ3) is 33.3. The van der Waals surface area contributed by atoms with Crippen LogP contribution in [-0.4, -0.2) is 75.3 Å². The Balaban J connectivity index is -0.0000000909. The van der Waals surface area contributed by atoms with Crippen molar-refractivity contribution in [2.24, 2.45) is 0 Å². The first-order valence-corrected chi connectivity index (χ1v) is 4.93. The van der Waals surface area contributed by atoms with E-state index in [0.29, 0.717) is 0 Å². The first kappa shape index (κ1) is 33.1. The van der Waals surface area contributed by atoms with E-state index in [9.17, 15) is 29.7 Å². The molecule has 0 aromatic carbocycles. The van der Waals surface area contributed by atoms with Gasteiger partial charge in [-0.05, 0) is 13.8 Å². The second-order valence-electron chi connectivity index (χ2n) is 3.40. The summed E-state index contributed by atoms with van der Waals surface area (Å²) >= 11 is 0. The van der Waals surface area contributed by atoms with Crippen LogP contribution in [0.15, 0.2) is 0 Å². The molecule has 13 heteroatoms. The molecule has 0 aliphatic rings. The SMILES string of the molecule is CC(=O)[O-].CC(=O)[O-].O=C([O-])CC(O)(CC(=O)[O-])C(=O)[O-].[Al+3].[Al+3]. The number of carboxylic acid groups (broad SMARTS) is 5. The van der Waals surface area contributed by atoms with Gasteiger partial charge in [0.25, 0.3) is 0 Å². The molecule has 0 saturated heterocycles. The average molecular weight is 361 g/mol. The molecule has 23 heavy (non-hydrogen) atoms. The Morgan fingerprint density at radius 2 is 0.913 bits per heavy atom. The predicted molar refractivity (Wildman–Crippen MR) is 62.1 cm³/mol. The summed E-state index contributed by atoms with van der Waals surface area (Å²) in [6.07, 6.45) is -2.72. The molecule has 0 heterocycles. The van der Waals surface area contributed by atoms with Crippen LogP contribution in [0.3, 0.4) is 0 Å². The summed E-state index contributed by atoms with van der Waals surface area (Å²) in [4.78, 5) is 47.8. The monoisotopic (exact) mass is 361 g/mol. The molecule has 0 aliphatic heterocycles. The molecule has 0 amide bonds. The maximum atomic E-state index is 10.1. The average Bonchev–Trinajstić information content (AvgIpc) is 2.11. The van der Waals surface area contributed by atoms with Crippen LogP contribution < -0.4 is 25.5 Å². The van der Waals surface area contributed by atoms with Crippen LogP contribution in [0.2, 0.25) is 0 Å². The van der Waals surface area contributed by atoms with Gasteiger partial charge in [0.1, 0.15) is 5.60 Å². The Labute approximate surface area is 151 Å². The molecule has 0 fully saturated rings. The van der Waals surface area contributed by atoms with Crippen molar-refractivity contribution in [1.29, 1.82) is 0 Å². The minimum Gasteiger partial charge on any atom is -0.550 e. The van der Waals surface area contributed by atoms with Gasteiger partial charge < -0.3 is 54.6 Å². The number of carbonyl (C=O) groups excluding carboxylic acids is 5. The van der Waals surface area contributed by atoms with Crippen molar-refractivity contribution < 1.29 is 54.6 Å². The van der Waals surface area contributed by atoms with Crippen LogP contribution in [0.1, 0.15) is 26.7 Å². The first-order valence-electron chi connectivity index (χ1n) is 4.93. The summed E-state index contributed by atoms with van der Waals surface area (Å²) in [5.41, 5.74) is -2.97. The van der Waals surface area contributed by atoms with E-state index in [1.165, 1.54) is 0 Å². The predicted octanol–water partition coefficient (Wildman–Crippen LogP) is -8.50. The third-order valence-electron chi connectivity index (χ3n) is 1.25. The molecular formula is C10H11Al2O11+. The van der Waals surface area contributed by atoms with Gasteiger partial charge in [0, 0.05) is 36.7 Å². The van der Waals surface area contributed by atoms with E-state index in [4.69, 9.17) is 24.9 Å². The van der Waals surface area contributed by atoms with E-state index in [-0.39, 0.29) is 34.7 Å². The summed E-state index contributed by atoms with van der Waals surface area (Å²) in [6.45, 7) is 1.94. The van der Waals surface area contributed by atoms with Crippen molar-refractivity contribution in [3.8, 4) is 0 Å². The molecule has 122 valence electrons. The number of carbonyl (C=O) groups is 5. The van der Waals surface area contributed by atoms with Gasteiger partial charge in [-0.25, -0.2) is 0 Å². The molecule has 0 saturated carbocycles. The third-order valence-corrected chi connectivity index (χ3v) is 1.25. The van der Waals surface area contributed by atoms with Crippen molar-refractivity contribution in [3.05, 3.63) is 0 Å². The largest absolute Gasteiger partial charge is 3.00 e. The second-order valence-corrected chi connectivity index (χ2v) is 3.40. The maximum absolute atomic E-state index is 10.1. The van der Waals surface area contributed by atoms with Crippen molar-refractivity contribution in [2.75, 3.05) is 0 Å². The van der Waals surface area contributed by atoms with E-state index < -0.39 is 48.3 Å². The van der Waals surface area contributed by atoms with Crippen LogP contribution in [0, 0.1) is 0 Å². The zero-order chi connectivity index (χ0) is 17.8. The van der Waals surface area contributed by atoms with Crippen molar-refractivity contribution in [1.82, 2.24) is 0 Å². The number of hydrogen-bond acceptors (Lipinski definition) is 11. The van der Waals surface area contributed by atoms with Gasteiger partial charge in [0.2, 0.25) is 0 Å². The van der Waals surface area contributed by atoms with Crippen LogP contribution in [0.4, 0.5) is 0 Å². The molecule has 0 aromatic heterocycles. The minimum atomic E-state index is -2.97. The Morgan fingerprint density at radius 3 is 1.00 bits per heavy atom. The Morgan fingerprint density at radius 1 is 0.739 bits per heavy atom. The Hall–Kier alpha value is -1.63.